The molecule has 3 aromatic rings. The Balaban J connectivity index is 1.72. The van der Waals surface area contributed by atoms with Crippen molar-refractivity contribution < 1.29 is 28.4 Å². The molecule has 32 heavy (non-hydrogen) atoms. The van der Waals surface area contributed by atoms with Gasteiger partial charge in [0.25, 0.3) is 11.7 Å². The summed E-state index contributed by atoms with van der Waals surface area (Å²) in [6.45, 7) is 0.972. The number of imidazole rings is 1. The highest BCUT2D eigenvalue weighted by molar-refractivity contribution is 6.46. The summed E-state index contributed by atoms with van der Waals surface area (Å²) < 4.78 is 20.5. The van der Waals surface area contributed by atoms with Crippen molar-refractivity contribution in [2.75, 3.05) is 13.7 Å². The third-order valence-corrected chi connectivity index (χ3v) is 5.51. The Hall–Kier alpha value is -3.94. The second-order valence-corrected chi connectivity index (χ2v) is 7.48. The maximum Gasteiger partial charge on any atom is 0.295 e. The number of aromatic amines is 1. The highest BCUT2D eigenvalue weighted by Gasteiger charge is 2.45. The molecule has 1 aliphatic rings. The van der Waals surface area contributed by atoms with Crippen molar-refractivity contribution in [1.82, 2.24) is 9.88 Å². The number of carbonyl (C=O) groups is 2. The van der Waals surface area contributed by atoms with E-state index in [1.165, 1.54) is 29.2 Å². The van der Waals surface area contributed by atoms with Gasteiger partial charge in [-0.25, -0.2) is 8.96 Å². The number of hydrogen-bond acceptors (Lipinski definition) is 4. The first-order chi connectivity index (χ1) is 15.5. The average Bonchev–Trinajstić information content (AvgIpc) is 3.41. The van der Waals surface area contributed by atoms with Gasteiger partial charge in [0.15, 0.2) is 0 Å². The number of ketones is 1. The van der Waals surface area contributed by atoms with Crippen LogP contribution in [0.5, 0.6) is 5.75 Å². The van der Waals surface area contributed by atoms with Crippen molar-refractivity contribution in [3.05, 3.63) is 89.8 Å². The molecule has 1 amide bonds. The van der Waals surface area contributed by atoms with Crippen molar-refractivity contribution in [3.63, 3.8) is 0 Å². The SMILES string of the molecule is COc1ccc(C2C(=C(O)c3ccc(F)cc3)C(=O)C(=O)N2CCC[n+]2cc[nH]c2)cc1. The smallest absolute Gasteiger partial charge is 0.295 e. The van der Waals surface area contributed by atoms with E-state index < -0.39 is 23.5 Å². The molecule has 1 aliphatic heterocycles. The molecule has 1 fully saturated rings. The minimum absolute atomic E-state index is 0.0129. The first-order valence-corrected chi connectivity index (χ1v) is 10.2. The number of aliphatic hydroxyl groups is 1. The number of aryl methyl sites for hydroxylation is 1. The number of H-pyrrole nitrogens is 1. The van der Waals surface area contributed by atoms with Gasteiger partial charge >= 0.3 is 0 Å². The highest BCUT2D eigenvalue weighted by atomic mass is 19.1. The minimum Gasteiger partial charge on any atom is -0.507 e. The van der Waals surface area contributed by atoms with Crippen LogP contribution in [0.1, 0.15) is 23.6 Å². The number of carbonyl (C=O) groups excluding carboxylic acids is 2. The maximum absolute atomic E-state index is 13.4. The number of nitrogens with zero attached hydrogens (tertiary/aromatic N) is 2. The summed E-state index contributed by atoms with van der Waals surface area (Å²) in [5.74, 6) is -1.59. The molecule has 0 saturated carbocycles. The van der Waals surface area contributed by atoms with Gasteiger partial charge in [0.1, 0.15) is 29.7 Å². The van der Waals surface area contributed by atoms with Crippen LogP contribution in [-0.2, 0) is 16.1 Å². The predicted molar refractivity (Wildman–Crippen MR) is 114 cm³/mol. The van der Waals surface area contributed by atoms with Gasteiger partial charge in [-0.3, -0.25) is 14.6 Å². The fourth-order valence-electron chi connectivity index (χ4n) is 3.89. The molecule has 1 saturated heterocycles. The fourth-order valence-corrected chi connectivity index (χ4v) is 3.89. The summed E-state index contributed by atoms with van der Waals surface area (Å²) in [7, 11) is 1.55. The molecule has 2 N–H and O–H groups in total. The van der Waals surface area contributed by atoms with E-state index in [-0.39, 0.29) is 16.9 Å². The largest absolute Gasteiger partial charge is 0.507 e. The van der Waals surface area contributed by atoms with Crippen LogP contribution >= 0.6 is 0 Å². The number of likely N-dealkylation sites (tertiary alicyclic amines) is 1. The second kappa shape index (κ2) is 9.05. The van der Waals surface area contributed by atoms with Gasteiger partial charge in [-0.05, 0) is 42.0 Å². The summed E-state index contributed by atoms with van der Waals surface area (Å²) in [6, 6.07) is 11.4. The molecule has 0 aliphatic carbocycles. The number of aliphatic hydroxyl groups excluding tert-OH is 1. The van der Waals surface area contributed by atoms with E-state index in [0.717, 1.165) is 0 Å². The summed E-state index contributed by atoms with van der Waals surface area (Å²) in [5, 5.41) is 10.9. The lowest BCUT2D eigenvalue weighted by molar-refractivity contribution is -0.695. The molecule has 0 bridgehead atoms. The van der Waals surface area contributed by atoms with E-state index in [9.17, 15) is 19.1 Å². The number of ether oxygens (including phenoxy) is 1. The van der Waals surface area contributed by atoms with Crippen molar-refractivity contribution in [2.45, 2.75) is 19.0 Å². The number of benzene rings is 2. The van der Waals surface area contributed by atoms with Gasteiger partial charge in [0, 0.05) is 18.5 Å². The predicted octanol–water partition coefficient (Wildman–Crippen LogP) is 2.96. The Kier molecular flexibility index (Phi) is 6.02. The Bertz CT molecular complexity index is 1140. The van der Waals surface area contributed by atoms with E-state index >= 15 is 0 Å². The Labute approximate surface area is 184 Å². The maximum atomic E-state index is 13.4. The lowest BCUT2D eigenvalue weighted by Gasteiger charge is -2.25. The van der Waals surface area contributed by atoms with Gasteiger partial charge in [-0.1, -0.05) is 12.1 Å². The van der Waals surface area contributed by atoms with Crippen molar-refractivity contribution >= 4 is 17.4 Å². The van der Waals surface area contributed by atoms with Gasteiger partial charge in [0.2, 0.25) is 6.33 Å². The zero-order valence-electron chi connectivity index (χ0n) is 17.5. The highest BCUT2D eigenvalue weighted by Crippen LogP contribution is 2.39. The first-order valence-electron chi connectivity index (χ1n) is 10.2. The molecule has 1 aromatic heterocycles. The van der Waals surface area contributed by atoms with Crippen LogP contribution in [0.25, 0.3) is 5.76 Å². The number of nitrogens with one attached hydrogen (secondary N) is 1. The number of methoxy groups -OCH3 is 1. The number of amides is 1. The number of halogens is 1. The molecule has 164 valence electrons. The average molecular weight is 436 g/mol. The normalized spacial score (nSPS) is 17.7. The second-order valence-electron chi connectivity index (χ2n) is 7.48. The fraction of sp³-hybridized carbons (Fsp3) is 0.208. The molecule has 0 radical (unpaired) electrons. The standard InChI is InChI=1S/C24H22FN3O4/c1-32-19-9-5-16(6-10-19)21-20(22(29)17-3-7-18(25)8-4-17)23(30)24(31)28(21)13-2-12-27-14-11-26-15-27/h3-11,14-15,21H,2,12-13H2,1H3,(H,29,30)/p+1. The zero-order valence-corrected chi connectivity index (χ0v) is 17.5. The molecular weight excluding hydrogens is 413 g/mol. The monoisotopic (exact) mass is 436 g/mol. The molecule has 8 heteroatoms. The van der Waals surface area contributed by atoms with Crippen LogP contribution in [0.4, 0.5) is 4.39 Å². The van der Waals surface area contributed by atoms with Crippen LogP contribution in [0, 0.1) is 5.82 Å². The molecule has 2 heterocycles. The van der Waals surface area contributed by atoms with E-state index in [4.69, 9.17) is 4.74 Å². The molecule has 4 rings (SSSR count). The van der Waals surface area contributed by atoms with E-state index in [1.54, 1.807) is 37.6 Å². The van der Waals surface area contributed by atoms with Crippen LogP contribution in [0.3, 0.4) is 0 Å². The number of Topliss-reactive ketones (excluding diaryl/α,β-unsaturated/α-hetero) is 1. The van der Waals surface area contributed by atoms with Crippen LogP contribution in [-0.4, -0.2) is 40.3 Å². The molecule has 2 aromatic carbocycles. The zero-order chi connectivity index (χ0) is 22.7. The van der Waals surface area contributed by atoms with Gasteiger partial charge in [0.05, 0.1) is 25.3 Å². The van der Waals surface area contributed by atoms with E-state index in [1.807, 2.05) is 17.1 Å². The van der Waals surface area contributed by atoms with Crippen molar-refractivity contribution in [2.24, 2.45) is 0 Å². The van der Waals surface area contributed by atoms with Gasteiger partial charge in [-0.15, -0.1) is 0 Å². The van der Waals surface area contributed by atoms with Crippen LogP contribution < -0.4 is 9.30 Å². The van der Waals surface area contributed by atoms with Crippen LogP contribution in [0.15, 0.2) is 72.8 Å². The number of rotatable bonds is 7. The summed E-state index contributed by atoms with van der Waals surface area (Å²) in [6.07, 6.45) is 6.10. The van der Waals surface area contributed by atoms with Gasteiger partial charge < -0.3 is 14.7 Å². The lowest BCUT2D eigenvalue weighted by atomic mass is 9.95. The molecular formula is C24H23FN3O4+. The minimum atomic E-state index is -0.762. The van der Waals surface area contributed by atoms with Crippen molar-refractivity contribution in [1.29, 1.82) is 0 Å². The van der Waals surface area contributed by atoms with Crippen LogP contribution in [0.2, 0.25) is 0 Å². The third-order valence-electron chi connectivity index (χ3n) is 5.51. The lowest BCUT2D eigenvalue weighted by Crippen LogP contribution is -2.36. The first kappa shape index (κ1) is 21.3. The van der Waals surface area contributed by atoms with E-state index in [0.29, 0.717) is 30.8 Å². The molecule has 1 unspecified atom stereocenters. The Morgan fingerprint density at radius 3 is 2.50 bits per heavy atom. The topological polar surface area (TPSA) is 86.5 Å². The summed E-state index contributed by atoms with van der Waals surface area (Å²) in [4.78, 5) is 30.4. The van der Waals surface area contributed by atoms with Crippen molar-refractivity contribution in [3.8, 4) is 5.75 Å². The number of hydrogen-bond donors (Lipinski definition) is 2. The molecule has 1 atom stereocenters. The third kappa shape index (κ3) is 4.12. The summed E-state index contributed by atoms with van der Waals surface area (Å²) in [5.41, 5.74) is 0.926. The Morgan fingerprint density at radius 2 is 1.88 bits per heavy atom. The molecule has 0 spiro atoms. The number of aromatic nitrogens is 2. The quantitative estimate of drug-likeness (QED) is 0.258. The van der Waals surface area contributed by atoms with E-state index in [2.05, 4.69) is 4.98 Å². The summed E-state index contributed by atoms with van der Waals surface area (Å²) >= 11 is 0. The van der Waals surface area contributed by atoms with Gasteiger partial charge in [-0.2, -0.15) is 0 Å². The molecule has 7 nitrogen and oxygen atoms in total. The Morgan fingerprint density at radius 1 is 1.16 bits per heavy atom.